The second-order valence-electron chi connectivity index (χ2n) is 5.07. The van der Waals surface area contributed by atoms with Gasteiger partial charge >= 0.3 is 5.97 Å². The van der Waals surface area contributed by atoms with Crippen LogP contribution < -0.4 is 4.74 Å². The fourth-order valence-corrected chi connectivity index (χ4v) is 3.02. The second kappa shape index (κ2) is 6.62. The van der Waals surface area contributed by atoms with Crippen LogP contribution in [0.1, 0.15) is 20.9 Å². The Morgan fingerprint density at radius 3 is 2.48 bits per heavy atom. The highest BCUT2D eigenvalue weighted by atomic mass is 32.1. The van der Waals surface area contributed by atoms with Crippen molar-refractivity contribution in [3.05, 3.63) is 70.7 Å². The van der Waals surface area contributed by atoms with Gasteiger partial charge in [-0.15, -0.1) is 11.3 Å². The maximum absolute atomic E-state index is 11.4. The molecule has 0 unspecified atom stereocenters. The van der Waals surface area contributed by atoms with E-state index in [1.165, 1.54) is 11.3 Å². The summed E-state index contributed by atoms with van der Waals surface area (Å²) in [4.78, 5) is 16.1. The molecule has 5 heteroatoms. The number of aromatic carboxylic acids is 1. The molecule has 3 rings (SSSR count). The molecule has 0 fully saturated rings. The van der Waals surface area contributed by atoms with Crippen LogP contribution in [0.3, 0.4) is 0 Å². The van der Waals surface area contributed by atoms with E-state index >= 15 is 0 Å². The van der Waals surface area contributed by atoms with Crippen molar-refractivity contribution in [2.45, 2.75) is 13.5 Å². The molecule has 0 aliphatic rings. The highest BCUT2D eigenvalue weighted by Crippen LogP contribution is 2.29. The minimum absolute atomic E-state index is 0.133. The van der Waals surface area contributed by atoms with Crippen molar-refractivity contribution in [2.24, 2.45) is 0 Å². The number of carbonyl (C=O) groups is 1. The first kappa shape index (κ1) is 15.2. The number of hydrogen-bond donors (Lipinski definition) is 1. The van der Waals surface area contributed by atoms with Gasteiger partial charge in [0.15, 0.2) is 0 Å². The van der Waals surface area contributed by atoms with E-state index in [4.69, 9.17) is 4.74 Å². The third-order valence-electron chi connectivity index (χ3n) is 3.31. The van der Waals surface area contributed by atoms with Crippen LogP contribution in [0.4, 0.5) is 0 Å². The summed E-state index contributed by atoms with van der Waals surface area (Å²) in [6.07, 6.45) is 0. The van der Waals surface area contributed by atoms with Crippen LogP contribution in [0.2, 0.25) is 0 Å². The third-order valence-corrected chi connectivity index (χ3v) is 4.44. The Balaban J connectivity index is 1.87. The fraction of sp³-hybridized carbons (Fsp3) is 0.111. The molecule has 3 aromatic rings. The van der Waals surface area contributed by atoms with Gasteiger partial charge in [-0.25, -0.2) is 9.78 Å². The smallest absolute Gasteiger partial charge is 0.347 e. The lowest BCUT2D eigenvalue weighted by Crippen LogP contribution is -2.03. The van der Waals surface area contributed by atoms with Crippen molar-refractivity contribution in [1.29, 1.82) is 0 Å². The topological polar surface area (TPSA) is 59.4 Å². The van der Waals surface area contributed by atoms with Gasteiger partial charge < -0.3 is 9.84 Å². The molecule has 0 bridgehead atoms. The zero-order chi connectivity index (χ0) is 16.2. The summed E-state index contributed by atoms with van der Waals surface area (Å²) in [5, 5.41) is 10.1. The molecular weight excluding hydrogens is 310 g/mol. The molecule has 0 aliphatic heterocycles. The molecule has 116 valence electrons. The molecule has 0 aliphatic carbocycles. The molecular formula is C18H15NO3S. The number of nitrogens with zero attached hydrogens (tertiary/aromatic N) is 1. The van der Waals surface area contributed by atoms with E-state index in [0.29, 0.717) is 16.5 Å². The van der Waals surface area contributed by atoms with Crippen molar-refractivity contribution in [2.75, 3.05) is 0 Å². The van der Waals surface area contributed by atoms with E-state index in [0.717, 1.165) is 11.1 Å². The van der Waals surface area contributed by atoms with Crippen LogP contribution in [0.25, 0.3) is 10.6 Å². The van der Waals surface area contributed by atoms with E-state index in [1.807, 2.05) is 61.5 Å². The first-order valence-corrected chi connectivity index (χ1v) is 7.93. The average Bonchev–Trinajstić information content (AvgIpc) is 2.99. The van der Waals surface area contributed by atoms with E-state index in [-0.39, 0.29) is 11.5 Å². The van der Waals surface area contributed by atoms with Gasteiger partial charge in [-0.3, -0.25) is 0 Å². The number of aryl methyl sites for hydroxylation is 1. The Morgan fingerprint density at radius 2 is 1.83 bits per heavy atom. The lowest BCUT2D eigenvalue weighted by atomic mass is 10.2. The van der Waals surface area contributed by atoms with E-state index < -0.39 is 5.97 Å². The number of carboxylic acids is 1. The molecule has 0 atom stereocenters. The standard InChI is InChI=1S/C18H15NO3S/c1-12-7-9-13(10-8-12)17-19-15(16(23-17)18(20)21)11-22-14-5-3-2-4-6-14/h2-10H,11H2,1H3,(H,20,21). The number of thiazole rings is 1. The summed E-state index contributed by atoms with van der Waals surface area (Å²) in [5.41, 5.74) is 2.51. The highest BCUT2D eigenvalue weighted by molar-refractivity contribution is 7.17. The molecule has 0 amide bonds. The quantitative estimate of drug-likeness (QED) is 0.755. The molecule has 2 aromatic carbocycles. The van der Waals surface area contributed by atoms with Crippen molar-refractivity contribution in [3.8, 4) is 16.3 Å². The normalized spacial score (nSPS) is 10.5. The summed E-state index contributed by atoms with van der Waals surface area (Å²) < 4.78 is 5.63. The molecule has 0 spiro atoms. The average molecular weight is 325 g/mol. The monoisotopic (exact) mass is 325 g/mol. The van der Waals surface area contributed by atoms with Crippen molar-refractivity contribution < 1.29 is 14.6 Å². The van der Waals surface area contributed by atoms with Crippen LogP contribution in [0.15, 0.2) is 54.6 Å². The van der Waals surface area contributed by atoms with Gasteiger partial charge in [0.2, 0.25) is 0 Å². The minimum Gasteiger partial charge on any atom is -0.487 e. The third kappa shape index (κ3) is 3.57. The van der Waals surface area contributed by atoms with Gasteiger partial charge in [-0.2, -0.15) is 0 Å². The lowest BCUT2D eigenvalue weighted by Gasteiger charge is -2.04. The SMILES string of the molecule is Cc1ccc(-c2nc(COc3ccccc3)c(C(=O)O)s2)cc1. The Kier molecular flexibility index (Phi) is 4.39. The maximum Gasteiger partial charge on any atom is 0.347 e. The number of hydrogen-bond acceptors (Lipinski definition) is 4. The molecule has 1 aromatic heterocycles. The zero-order valence-electron chi connectivity index (χ0n) is 12.5. The number of rotatable bonds is 5. The Morgan fingerprint density at radius 1 is 1.13 bits per heavy atom. The molecule has 23 heavy (non-hydrogen) atoms. The molecule has 1 heterocycles. The van der Waals surface area contributed by atoms with Gasteiger partial charge in [0.25, 0.3) is 0 Å². The largest absolute Gasteiger partial charge is 0.487 e. The van der Waals surface area contributed by atoms with E-state index in [1.54, 1.807) is 0 Å². The predicted molar refractivity (Wildman–Crippen MR) is 90.0 cm³/mol. The first-order valence-electron chi connectivity index (χ1n) is 7.11. The number of ether oxygens (including phenoxy) is 1. The Hall–Kier alpha value is -2.66. The number of para-hydroxylation sites is 1. The summed E-state index contributed by atoms with van der Waals surface area (Å²) in [5.74, 6) is -0.291. The summed E-state index contributed by atoms with van der Waals surface area (Å²) >= 11 is 1.17. The minimum atomic E-state index is -0.979. The summed E-state index contributed by atoms with van der Waals surface area (Å²) in [6.45, 7) is 2.14. The van der Waals surface area contributed by atoms with Crippen molar-refractivity contribution in [1.82, 2.24) is 4.98 Å². The molecule has 4 nitrogen and oxygen atoms in total. The number of benzene rings is 2. The molecule has 0 radical (unpaired) electrons. The molecule has 0 saturated heterocycles. The van der Waals surface area contributed by atoms with E-state index in [2.05, 4.69) is 4.98 Å². The number of carboxylic acid groups (broad SMARTS) is 1. The van der Waals surface area contributed by atoms with Crippen molar-refractivity contribution in [3.63, 3.8) is 0 Å². The van der Waals surface area contributed by atoms with Gasteiger partial charge in [-0.05, 0) is 19.1 Å². The highest BCUT2D eigenvalue weighted by Gasteiger charge is 2.18. The fourth-order valence-electron chi connectivity index (χ4n) is 2.10. The Bertz CT molecular complexity index is 810. The molecule has 1 N–H and O–H groups in total. The Labute approximate surface area is 138 Å². The van der Waals surface area contributed by atoms with Gasteiger partial charge in [-0.1, -0.05) is 48.0 Å². The van der Waals surface area contributed by atoms with Crippen LogP contribution in [0.5, 0.6) is 5.75 Å². The van der Waals surface area contributed by atoms with Gasteiger partial charge in [0.05, 0.1) is 0 Å². The van der Waals surface area contributed by atoms with Gasteiger partial charge in [0, 0.05) is 5.56 Å². The van der Waals surface area contributed by atoms with Crippen LogP contribution in [0, 0.1) is 6.92 Å². The lowest BCUT2D eigenvalue weighted by molar-refractivity contribution is 0.0699. The first-order chi connectivity index (χ1) is 11.1. The maximum atomic E-state index is 11.4. The van der Waals surface area contributed by atoms with Gasteiger partial charge in [0.1, 0.15) is 27.9 Å². The van der Waals surface area contributed by atoms with E-state index in [9.17, 15) is 9.90 Å². The second-order valence-corrected chi connectivity index (χ2v) is 6.07. The van der Waals surface area contributed by atoms with Crippen LogP contribution in [-0.4, -0.2) is 16.1 Å². The zero-order valence-corrected chi connectivity index (χ0v) is 13.3. The predicted octanol–water partition coefficient (Wildman–Crippen LogP) is 4.40. The molecule has 0 saturated carbocycles. The summed E-state index contributed by atoms with van der Waals surface area (Å²) in [7, 11) is 0. The van der Waals surface area contributed by atoms with Crippen LogP contribution >= 0.6 is 11.3 Å². The summed E-state index contributed by atoms with van der Waals surface area (Å²) in [6, 6.07) is 17.1. The van der Waals surface area contributed by atoms with Crippen LogP contribution in [-0.2, 0) is 6.61 Å². The number of aromatic nitrogens is 1. The van der Waals surface area contributed by atoms with Crippen molar-refractivity contribution >= 4 is 17.3 Å².